The van der Waals surface area contributed by atoms with E-state index in [2.05, 4.69) is 43.2 Å². The fourth-order valence-corrected chi connectivity index (χ4v) is 6.36. The Labute approximate surface area is 263 Å². The molecule has 46 heavy (non-hydrogen) atoms. The van der Waals surface area contributed by atoms with Crippen LogP contribution in [0.4, 0.5) is 32.3 Å². The van der Waals surface area contributed by atoms with Crippen LogP contribution in [-0.2, 0) is 34.6 Å². The summed E-state index contributed by atoms with van der Waals surface area (Å²) >= 11 is 1.79. The zero-order valence-corrected chi connectivity index (χ0v) is 25.8. The Kier molecular flexibility index (Phi) is 10.6. The Morgan fingerprint density at radius 1 is 0.978 bits per heavy atom. The van der Waals surface area contributed by atoms with Gasteiger partial charge in [-0.1, -0.05) is 0 Å². The van der Waals surface area contributed by atoms with Crippen LogP contribution in [0.15, 0.2) is 24.0 Å². The van der Waals surface area contributed by atoms with Crippen molar-refractivity contribution in [2.24, 2.45) is 5.92 Å². The molecule has 0 radical (unpaired) electrons. The third kappa shape index (κ3) is 8.71. The average molecular weight is 678 g/mol. The van der Waals surface area contributed by atoms with Crippen molar-refractivity contribution in [3.05, 3.63) is 51.8 Å². The highest BCUT2D eigenvalue weighted by atomic mass is 32.1. The van der Waals surface area contributed by atoms with Gasteiger partial charge in [0.15, 0.2) is 0 Å². The van der Waals surface area contributed by atoms with Crippen LogP contribution in [-0.4, -0.2) is 83.5 Å². The Hall–Kier alpha value is -3.80. The number of aromatic nitrogens is 5. The number of carboxylic acids is 2. The number of hydrogen-bond donors (Lipinski definition) is 2. The highest BCUT2D eigenvalue weighted by molar-refractivity contribution is 7.09. The van der Waals surface area contributed by atoms with Gasteiger partial charge in [-0.05, 0) is 51.5 Å². The molecule has 1 spiro atoms. The molecule has 6 rings (SSSR count). The SMILES string of the molecule is Cc1ncsc1CN1Cc2c(nc(C)n2CC2CC2)C2(CCN(c3ncccn3)CC2)C1.O=C(O)C(F)(F)F.O=C(O)C(F)(F)F. The van der Waals surface area contributed by atoms with Crippen LogP contribution in [0.5, 0.6) is 0 Å². The smallest absolute Gasteiger partial charge is 0.475 e. The van der Waals surface area contributed by atoms with E-state index in [4.69, 9.17) is 24.8 Å². The maximum Gasteiger partial charge on any atom is 0.490 e. The third-order valence-corrected chi connectivity index (χ3v) is 8.98. The first kappa shape index (κ1) is 35.1. The molecule has 0 amide bonds. The molecule has 2 N–H and O–H groups in total. The van der Waals surface area contributed by atoms with Gasteiger partial charge in [0, 0.05) is 62.0 Å². The number of hydrogen-bond acceptors (Lipinski definition) is 9. The number of carboxylic acid groups (broad SMARTS) is 2. The maximum atomic E-state index is 10.6. The molecule has 3 aromatic heterocycles. The van der Waals surface area contributed by atoms with Gasteiger partial charge in [0.2, 0.25) is 5.95 Å². The molecule has 1 saturated carbocycles. The zero-order chi connectivity index (χ0) is 33.9. The quantitative estimate of drug-likeness (QED) is 0.356. The molecule has 1 saturated heterocycles. The minimum absolute atomic E-state index is 0.108. The van der Waals surface area contributed by atoms with Crippen LogP contribution in [0, 0.1) is 19.8 Å². The van der Waals surface area contributed by atoms with Crippen LogP contribution in [0.3, 0.4) is 0 Å². The number of carbonyl (C=O) groups is 2. The van der Waals surface area contributed by atoms with Crippen LogP contribution in [0.1, 0.15) is 53.5 Å². The maximum absolute atomic E-state index is 10.6. The number of piperidine rings is 1. The lowest BCUT2D eigenvalue weighted by Crippen LogP contribution is -2.52. The van der Waals surface area contributed by atoms with E-state index < -0.39 is 24.3 Å². The second-order valence-electron chi connectivity index (χ2n) is 11.4. The third-order valence-electron chi connectivity index (χ3n) is 8.06. The predicted molar refractivity (Wildman–Crippen MR) is 153 cm³/mol. The molecule has 18 heteroatoms. The van der Waals surface area contributed by atoms with Gasteiger partial charge in [0.25, 0.3) is 0 Å². The number of fused-ring (bicyclic) bond motifs is 2. The normalized spacial score (nSPS) is 17.8. The number of imidazole rings is 1. The molecule has 3 aliphatic rings. The number of aliphatic carboxylic acids is 2. The number of thiazole rings is 1. The van der Waals surface area contributed by atoms with E-state index in [1.54, 1.807) is 11.3 Å². The molecule has 0 atom stereocenters. The lowest BCUT2D eigenvalue weighted by Gasteiger charge is -2.47. The van der Waals surface area contributed by atoms with Crippen molar-refractivity contribution in [3.8, 4) is 0 Å². The fraction of sp³-hybridized carbons (Fsp3) is 0.571. The van der Waals surface area contributed by atoms with Crippen molar-refractivity contribution in [2.75, 3.05) is 24.5 Å². The summed E-state index contributed by atoms with van der Waals surface area (Å²) in [7, 11) is 0. The minimum Gasteiger partial charge on any atom is -0.475 e. The van der Waals surface area contributed by atoms with Crippen molar-refractivity contribution in [1.82, 2.24) is 29.4 Å². The zero-order valence-electron chi connectivity index (χ0n) is 25.0. The van der Waals surface area contributed by atoms with Gasteiger partial charge in [0.05, 0.1) is 22.6 Å². The van der Waals surface area contributed by atoms with E-state index in [-0.39, 0.29) is 5.41 Å². The Morgan fingerprint density at radius 2 is 1.54 bits per heavy atom. The van der Waals surface area contributed by atoms with Crippen molar-refractivity contribution < 1.29 is 46.1 Å². The summed E-state index contributed by atoms with van der Waals surface area (Å²) in [6.07, 6.45) is -1.56. The molecule has 3 aromatic rings. The second-order valence-corrected chi connectivity index (χ2v) is 12.4. The van der Waals surface area contributed by atoms with Crippen LogP contribution < -0.4 is 4.90 Å². The lowest BCUT2D eigenvalue weighted by atomic mass is 9.72. The Balaban J connectivity index is 0.000000289. The van der Waals surface area contributed by atoms with E-state index in [0.29, 0.717) is 0 Å². The van der Waals surface area contributed by atoms with Crippen molar-refractivity contribution in [1.29, 1.82) is 0 Å². The van der Waals surface area contributed by atoms with E-state index in [0.717, 1.165) is 64.0 Å². The Bertz CT molecular complexity index is 1480. The molecule has 11 nitrogen and oxygen atoms in total. The van der Waals surface area contributed by atoms with Gasteiger partial charge >= 0.3 is 24.3 Å². The van der Waals surface area contributed by atoms with E-state index in [1.807, 2.05) is 24.0 Å². The first-order chi connectivity index (χ1) is 21.5. The number of alkyl halides is 6. The van der Waals surface area contributed by atoms with Crippen LogP contribution in [0.2, 0.25) is 0 Å². The second kappa shape index (κ2) is 13.9. The summed E-state index contributed by atoms with van der Waals surface area (Å²) in [6.45, 7) is 10.5. The number of nitrogens with zero attached hydrogens (tertiary/aromatic N) is 7. The predicted octanol–water partition coefficient (Wildman–Crippen LogP) is 4.98. The molecular formula is C28H33F6N7O4S. The van der Waals surface area contributed by atoms with Gasteiger partial charge in [-0.25, -0.2) is 29.5 Å². The van der Waals surface area contributed by atoms with Gasteiger partial charge < -0.3 is 19.7 Å². The van der Waals surface area contributed by atoms with Gasteiger partial charge in [-0.15, -0.1) is 11.3 Å². The van der Waals surface area contributed by atoms with Crippen molar-refractivity contribution >= 4 is 29.2 Å². The monoisotopic (exact) mass is 677 g/mol. The topological polar surface area (TPSA) is 138 Å². The van der Waals surface area contributed by atoms with Crippen molar-refractivity contribution in [3.63, 3.8) is 0 Å². The summed E-state index contributed by atoms with van der Waals surface area (Å²) < 4.78 is 66.0. The van der Waals surface area contributed by atoms with E-state index in [1.165, 1.54) is 40.6 Å². The molecule has 5 heterocycles. The standard InChI is InChI=1S/C24H31N7S.2C2HF3O2/c1-17-21(32-16-27-17)14-29-13-20-22(28-18(2)31(20)12-19-4-5-19)24(15-29)6-10-30(11-7-24)23-25-8-3-9-26-23;2*3-2(4,5)1(6)7/h3,8-9,16,19H,4-7,10-15H2,1-2H3;2*(H,6,7). The summed E-state index contributed by atoms with van der Waals surface area (Å²) in [5, 5.41) is 14.2. The fourth-order valence-electron chi connectivity index (χ4n) is 5.54. The van der Waals surface area contributed by atoms with E-state index >= 15 is 0 Å². The molecule has 252 valence electrons. The molecular weight excluding hydrogens is 644 g/mol. The summed E-state index contributed by atoms with van der Waals surface area (Å²) in [6, 6.07) is 1.89. The first-order valence-corrected chi connectivity index (χ1v) is 15.2. The molecule has 1 aliphatic carbocycles. The highest BCUT2D eigenvalue weighted by Gasteiger charge is 2.46. The number of aryl methyl sites for hydroxylation is 2. The highest BCUT2D eigenvalue weighted by Crippen LogP contribution is 2.43. The molecule has 0 bridgehead atoms. The minimum atomic E-state index is -5.08. The number of rotatable bonds is 5. The summed E-state index contributed by atoms with van der Waals surface area (Å²) in [5.74, 6) is -2.61. The average Bonchev–Trinajstić information content (AvgIpc) is 3.64. The molecule has 2 aliphatic heterocycles. The van der Waals surface area contributed by atoms with Crippen LogP contribution in [0.25, 0.3) is 0 Å². The number of anilines is 1. The van der Waals surface area contributed by atoms with Crippen LogP contribution >= 0.6 is 11.3 Å². The van der Waals surface area contributed by atoms with Gasteiger partial charge in [0.1, 0.15) is 5.82 Å². The summed E-state index contributed by atoms with van der Waals surface area (Å²) in [4.78, 5) is 42.9. The molecule has 2 fully saturated rings. The van der Waals surface area contributed by atoms with Crippen molar-refractivity contribution in [2.45, 2.75) is 76.9 Å². The first-order valence-electron chi connectivity index (χ1n) is 14.3. The van der Waals surface area contributed by atoms with E-state index in [9.17, 15) is 26.3 Å². The number of halogens is 6. The molecule has 0 aromatic carbocycles. The lowest BCUT2D eigenvalue weighted by molar-refractivity contribution is -0.193. The Morgan fingerprint density at radius 3 is 2.02 bits per heavy atom. The van der Waals surface area contributed by atoms with Gasteiger partial charge in [-0.2, -0.15) is 26.3 Å². The summed E-state index contributed by atoms with van der Waals surface area (Å²) in [5.41, 5.74) is 6.11. The molecule has 0 unspecified atom stereocenters. The van der Waals surface area contributed by atoms with Gasteiger partial charge in [-0.3, -0.25) is 4.90 Å². The largest absolute Gasteiger partial charge is 0.490 e.